The average Bonchev–Trinajstić information content (AvgIpc) is 3.32. The summed E-state index contributed by atoms with van der Waals surface area (Å²) in [6.07, 6.45) is 8.28. The number of β-amino-alcohol motifs (C(OH)–C–C–N with tert-alkyl or cyclic N) is 1. The number of aromatic nitrogens is 2. The first-order chi connectivity index (χ1) is 17.9. The second-order valence-electron chi connectivity index (χ2n) is 9.99. The van der Waals surface area contributed by atoms with Crippen molar-refractivity contribution in [1.29, 1.82) is 0 Å². The van der Waals surface area contributed by atoms with Crippen LogP contribution in [-0.2, 0) is 4.79 Å². The summed E-state index contributed by atoms with van der Waals surface area (Å²) in [7, 11) is 1.72. The van der Waals surface area contributed by atoms with Gasteiger partial charge >= 0.3 is 0 Å². The Hall–Kier alpha value is -3.72. The van der Waals surface area contributed by atoms with Gasteiger partial charge in [-0.15, -0.1) is 0 Å². The molecule has 9 heteroatoms. The quantitative estimate of drug-likeness (QED) is 0.505. The van der Waals surface area contributed by atoms with Gasteiger partial charge in [0.2, 0.25) is 5.91 Å². The number of rotatable bonds is 8. The van der Waals surface area contributed by atoms with Crippen molar-refractivity contribution in [1.82, 2.24) is 19.8 Å². The van der Waals surface area contributed by atoms with Crippen molar-refractivity contribution in [2.75, 3.05) is 51.3 Å². The van der Waals surface area contributed by atoms with Crippen LogP contribution in [0.3, 0.4) is 0 Å². The number of anilines is 1. The van der Waals surface area contributed by atoms with Gasteiger partial charge in [0.1, 0.15) is 12.4 Å². The Balaban J connectivity index is 1.18. The number of likely N-dealkylation sites (tertiary alicyclic amines) is 1. The zero-order valence-corrected chi connectivity index (χ0v) is 21.2. The van der Waals surface area contributed by atoms with Gasteiger partial charge in [0.05, 0.1) is 24.2 Å². The highest BCUT2D eigenvalue weighted by Crippen LogP contribution is 2.31. The lowest BCUT2D eigenvalue weighted by molar-refractivity contribution is -0.128. The fraction of sp³-hybridized carbons (Fsp3) is 0.429. The number of pyridine rings is 2. The maximum Gasteiger partial charge on any atom is 0.253 e. The molecule has 5 rings (SSSR count). The lowest BCUT2D eigenvalue weighted by Gasteiger charge is -2.42. The van der Waals surface area contributed by atoms with Gasteiger partial charge in [-0.1, -0.05) is 0 Å². The van der Waals surface area contributed by atoms with E-state index in [9.17, 15) is 14.7 Å². The van der Waals surface area contributed by atoms with Crippen molar-refractivity contribution in [2.45, 2.75) is 31.3 Å². The van der Waals surface area contributed by atoms with Crippen molar-refractivity contribution in [3.8, 4) is 5.75 Å². The van der Waals surface area contributed by atoms with E-state index >= 15 is 0 Å². The number of benzene rings is 1. The molecule has 37 heavy (non-hydrogen) atoms. The van der Waals surface area contributed by atoms with Crippen LogP contribution in [0.25, 0.3) is 10.9 Å². The topological polar surface area (TPSA) is 99.1 Å². The minimum absolute atomic E-state index is 0.154. The SMILES string of the molecule is CN(CC1(O)CCCN(c2ccnc3ccncc23)C1)C(=O)c1ccc(OCCN2CCCC2=O)cc1. The summed E-state index contributed by atoms with van der Waals surface area (Å²) in [5, 5.41) is 12.4. The molecule has 2 fully saturated rings. The summed E-state index contributed by atoms with van der Waals surface area (Å²) < 4.78 is 5.76. The molecule has 1 atom stereocenters. The number of fused-ring (bicyclic) bond motifs is 1. The van der Waals surface area contributed by atoms with Gasteiger partial charge in [0.25, 0.3) is 5.91 Å². The van der Waals surface area contributed by atoms with Gasteiger partial charge in [0.15, 0.2) is 0 Å². The summed E-state index contributed by atoms with van der Waals surface area (Å²) in [6.45, 7) is 3.26. The first-order valence-electron chi connectivity index (χ1n) is 12.8. The number of aliphatic hydroxyl groups is 1. The Morgan fingerprint density at radius 2 is 1.97 bits per heavy atom. The summed E-state index contributed by atoms with van der Waals surface area (Å²) in [6, 6.07) is 10.9. The Morgan fingerprint density at radius 3 is 2.76 bits per heavy atom. The normalized spacial score (nSPS) is 19.9. The number of amides is 2. The van der Waals surface area contributed by atoms with Crippen LogP contribution in [0.2, 0.25) is 0 Å². The molecule has 0 saturated carbocycles. The number of hydrogen-bond donors (Lipinski definition) is 1. The molecule has 9 nitrogen and oxygen atoms in total. The number of piperidine rings is 1. The van der Waals surface area contributed by atoms with Crippen LogP contribution < -0.4 is 9.64 Å². The van der Waals surface area contributed by atoms with Crippen LogP contribution in [-0.4, -0.2) is 88.7 Å². The highest BCUT2D eigenvalue weighted by molar-refractivity contribution is 5.94. The maximum absolute atomic E-state index is 13.1. The predicted octanol–water partition coefficient (Wildman–Crippen LogP) is 2.73. The Bertz CT molecular complexity index is 1260. The van der Waals surface area contributed by atoms with E-state index in [2.05, 4.69) is 14.9 Å². The van der Waals surface area contributed by atoms with Crippen LogP contribution in [0.4, 0.5) is 5.69 Å². The van der Waals surface area contributed by atoms with Gasteiger partial charge in [-0.3, -0.25) is 19.6 Å². The van der Waals surface area contributed by atoms with Gasteiger partial charge in [-0.05, 0) is 55.7 Å². The lowest BCUT2D eigenvalue weighted by Crippen LogP contribution is -2.54. The molecular formula is C28H33N5O4. The number of likely N-dealkylation sites (N-methyl/N-ethyl adjacent to an activating group) is 1. The van der Waals surface area contributed by atoms with Crippen molar-refractivity contribution < 1.29 is 19.4 Å². The number of ether oxygens (including phenoxy) is 1. The molecule has 2 aliphatic rings. The minimum atomic E-state index is -1.03. The van der Waals surface area contributed by atoms with E-state index in [0.717, 1.165) is 42.5 Å². The molecule has 2 saturated heterocycles. The molecule has 2 aliphatic heterocycles. The molecule has 1 aromatic carbocycles. The second-order valence-corrected chi connectivity index (χ2v) is 9.99. The third kappa shape index (κ3) is 5.67. The summed E-state index contributed by atoms with van der Waals surface area (Å²) >= 11 is 0. The predicted molar refractivity (Wildman–Crippen MR) is 141 cm³/mol. The highest BCUT2D eigenvalue weighted by atomic mass is 16.5. The first-order valence-corrected chi connectivity index (χ1v) is 12.8. The molecule has 0 aliphatic carbocycles. The zero-order chi connectivity index (χ0) is 25.8. The van der Waals surface area contributed by atoms with Crippen molar-refractivity contribution >= 4 is 28.4 Å². The smallest absolute Gasteiger partial charge is 0.253 e. The number of nitrogens with zero attached hydrogens (tertiary/aromatic N) is 5. The summed E-state index contributed by atoms with van der Waals surface area (Å²) in [5.74, 6) is 0.686. The zero-order valence-electron chi connectivity index (χ0n) is 21.2. The maximum atomic E-state index is 13.1. The standard InChI is InChI=1S/C28H33N5O4/c1-31(27(35)21-5-7-22(8-6-21)37-17-16-32-14-2-4-26(32)34)19-28(36)11-3-15-33(20-28)25-10-13-30-24-9-12-29-18-23(24)25/h5-10,12-13,18,36H,2-4,11,14-17,19-20H2,1H3. The van der Waals surface area contributed by atoms with Crippen LogP contribution in [0.1, 0.15) is 36.0 Å². The third-order valence-corrected chi connectivity index (χ3v) is 7.20. The van der Waals surface area contributed by atoms with Crippen LogP contribution in [0, 0.1) is 0 Å². The molecule has 2 aromatic heterocycles. The molecule has 0 radical (unpaired) electrons. The van der Waals surface area contributed by atoms with E-state index in [4.69, 9.17) is 4.74 Å². The fourth-order valence-electron chi connectivity index (χ4n) is 5.34. The van der Waals surface area contributed by atoms with E-state index in [1.807, 2.05) is 17.0 Å². The number of hydrogen-bond acceptors (Lipinski definition) is 7. The molecule has 1 N–H and O–H groups in total. The molecule has 0 spiro atoms. The third-order valence-electron chi connectivity index (χ3n) is 7.20. The molecule has 4 heterocycles. The van der Waals surface area contributed by atoms with E-state index in [1.165, 1.54) is 0 Å². The van der Waals surface area contributed by atoms with Gasteiger partial charge in [-0.25, -0.2) is 0 Å². The van der Waals surface area contributed by atoms with E-state index in [-0.39, 0.29) is 18.4 Å². The van der Waals surface area contributed by atoms with E-state index in [1.54, 1.807) is 54.8 Å². The van der Waals surface area contributed by atoms with E-state index < -0.39 is 5.60 Å². The van der Waals surface area contributed by atoms with E-state index in [0.29, 0.717) is 43.9 Å². The van der Waals surface area contributed by atoms with Crippen LogP contribution in [0.5, 0.6) is 5.75 Å². The minimum Gasteiger partial charge on any atom is -0.492 e. The number of carbonyl (C=O) groups is 2. The Morgan fingerprint density at radius 1 is 1.14 bits per heavy atom. The van der Waals surface area contributed by atoms with Crippen molar-refractivity contribution in [2.24, 2.45) is 0 Å². The average molecular weight is 504 g/mol. The Kier molecular flexibility index (Phi) is 7.23. The molecular weight excluding hydrogens is 470 g/mol. The van der Waals surface area contributed by atoms with Gasteiger partial charge in [0, 0.05) is 68.3 Å². The lowest BCUT2D eigenvalue weighted by atomic mass is 9.91. The monoisotopic (exact) mass is 503 g/mol. The second kappa shape index (κ2) is 10.7. The molecule has 194 valence electrons. The van der Waals surface area contributed by atoms with Gasteiger partial charge < -0.3 is 24.5 Å². The van der Waals surface area contributed by atoms with Crippen molar-refractivity contribution in [3.63, 3.8) is 0 Å². The molecule has 3 aromatic rings. The fourth-order valence-corrected chi connectivity index (χ4v) is 5.34. The number of carbonyl (C=O) groups excluding carboxylic acids is 2. The largest absolute Gasteiger partial charge is 0.492 e. The summed E-state index contributed by atoms with van der Waals surface area (Å²) in [4.78, 5) is 39.1. The summed E-state index contributed by atoms with van der Waals surface area (Å²) in [5.41, 5.74) is 1.36. The first kappa shape index (κ1) is 25.0. The van der Waals surface area contributed by atoms with Crippen LogP contribution >= 0.6 is 0 Å². The molecule has 2 amide bonds. The van der Waals surface area contributed by atoms with Crippen LogP contribution in [0.15, 0.2) is 55.0 Å². The molecule has 1 unspecified atom stereocenters. The highest BCUT2D eigenvalue weighted by Gasteiger charge is 2.36. The molecule has 0 bridgehead atoms. The van der Waals surface area contributed by atoms with Crippen molar-refractivity contribution in [3.05, 3.63) is 60.6 Å². The Labute approximate surface area is 216 Å². The van der Waals surface area contributed by atoms with Gasteiger partial charge in [-0.2, -0.15) is 0 Å².